The molecule has 1 aliphatic rings. The van der Waals surface area contributed by atoms with Crippen LogP contribution in [0.5, 0.6) is 0 Å². The van der Waals surface area contributed by atoms with E-state index in [4.69, 9.17) is 8.18 Å². The van der Waals surface area contributed by atoms with Crippen LogP contribution in [0, 0.1) is 0 Å². The Balaban J connectivity index is 2.67. The molecule has 4 nitrogen and oxygen atoms in total. The fourth-order valence-corrected chi connectivity index (χ4v) is 22.3. The van der Waals surface area contributed by atoms with Gasteiger partial charge in [-0.3, -0.25) is 0 Å². The first-order chi connectivity index (χ1) is 8.53. The summed E-state index contributed by atoms with van der Waals surface area (Å²) in [5, 5.41) is 8.38. The van der Waals surface area contributed by atoms with Crippen LogP contribution in [0.4, 0.5) is 0 Å². The minimum atomic E-state index is -2.88. The number of carboxylic acids is 1. The predicted molar refractivity (Wildman–Crippen MR) is 74.9 cm³/mol. The first-order valence-corrected chi connectivity index (χ1v) is 16.2. The van der Waals surface area contributed by atoms with Crippen molar-refractivity contribution in [3.63, 3.8) is 0 Å². The van der Waals surface area contributed by atoms with Gasteiger partial charge in [-0.15, -0.1) is 0 Å². The van der Waals surface area contributed by atoms with Crippen LogP contribution in [0.3, 0.4) is 0 Å². The summed E-state index contributed by atoms with van der Waals surface area (Å²) in [6, 6.07) is 0. The van der Waals surface area contributed by atoms with Crippen molar-refractivity contribution in [3.8, 4) is 0 Å². The first kappa shape index (κ1) is 16.1. The number of hydrogen-bond donors (Lipinski definition) is 1. The molecule has 0 aliphatic carbocycles. The van der Waals surface area contributed by atoms with Gasteiger partial charge >= 0.3 is 116 Å². The SMILES string of the molecule is CCC[CH2][Sn]1([CH2]CCC)[O]C(=O)C(CC(=O)O)[S]1. The molecular weight excluding hydrogens is 359 g/mol. The molecule has 104 valence electrons. The van der Waals surface area contributed by atoms with Crippen LogP contribution in [-0.2, 0) is 12.7 Å². The van der Waals surface area contributed by atoms with Crippen molar-refractivity contribution < 1.29 is 17.8 Å². The summed E-state index contributed by atoms with van der Waals surface area (Å²) in [4.78, 5) is 22.5. The summed E-state index contributed by atoms with van der Waals surface area (Å²) in [5.74, 6) is -1.16. The fourth-order valence-electron chi connectivity index (χ4n) is 2.10. The molecule has 1 heterocycles. The third kappa shape index (κ3) is 4.64. The molecule has 0 saturated carbocycles. The van der Waals surface area contributed by atoms with E-state index in [9.17, 15) is 9.59 Å². The molecule has 1 fully saturated rings. The van der Waals surface area contributed by atoms with Crippen molar-refractivity contribution in [1.29, 1.82) is 0 Å². The zero-order valence-corrected chi connectivity index (χ0v) is 14.8. The Kier molecular flexibility index (Phi) is 6.84. The topological polar surface area (TPSA) is 63.6 Å². The minimum absolute atomic E-state index is 0.0829. The second-order valence-corrected chi connectivity index (χ2v) is 21.2. The zero-order valence-electron chi connectivity index (χ0n) is 11.1. The van der Waals surface area contributed by atoms with Crippen molar-refractivity contribution in [1.82, 2.24) is 0 Å². The number of unbranched alkanes of at least 4 members (excludes halogenated alkanes) is 2. The molecule has 1 N–H and O–H groups in total. The molecule has 1 rings (SSSR count). The molecule has 6 heteroatoms. The van der Waals surface area contributed by atoms with Gasteiger partial charge in [-0.1, -0.05) is 0 Å². The molecule has 0 aromatic carbocycles. The van der Waals surface area contributed by atoms with Gasteiger partial charge in [-0.25, -0.2) is 0 Å². The van der Waals surface area contributed by atoms with Gasteiger partial charge in [-0.05, 0) is 0 Å². The van der Waals surface area contributed by atoms with Crippen LogP contribution in [0.2, 0.25) is 8.87 Å². The number of hydrogen-bond acceptors (Lipinski definition) is 4. The van der Waals surface area contributed by atoms with Crippen molar-refractivity contribution in [2.24, 2.45) is 0 Å². The standard InChI is InChI=1S/C4H6O4S.2C4H9.Sn/c5-3(6)1-2(9)4(7)8;2*1-3-4-2;/h2,9H,1H2,(H,5,6)(H,7,8);2*1,3-4H2,2H3;/q;;;+2/p-2. The normalized spacial score (nSPS) is 21.9. The first-order valence-electron chi connectivity index (χ1n) is 6.65. The Morgan fingerprint density at radius 1 is 1.33 bits per heavy atom. The van der Waals surface area contributed by atoms with Crippen molar-refractivity contribution >= 4 is 38.3 Å². The molecule has 0 aromatic heterocycles. The molecule has 0 radical (unpaired) electrons. The Labute approximate surface area is 116 Å². The van der Waals surface area contributed by atoms with E-state index in [1.165, 1.54) is 0 Å². The molecule has 1 saturated heterocycles. The summed E-state index contributed by atoms with van der Waals surface area (Å²) in [6.45, 7) is 4.27. The van der Waals surface area contributed by atoms with E-state index >= 15 is 0 Å². The van der Waals surface area contributed by atoms with Crippen molar-refractivity contribution in [2.45, 2.75) is 60.1 Å². The van der Waals surface area contributed by atoms with Crippen LogP contribution < -0.4 is 0 Å². The molecule has 1 aliphatic heterocycles. The third-order valence-electron chi connectivity index (χ3n) is 3.09. The molecule has 0 aromatic rings. The van der Waals surface area contributed by atoms with Crippen LogP contribution >= 0.6 is 8.95 Å². The van der Waals surface area contributed by atoms with E-state index in [2.05, 4.69) is 13.8 Å². The monoisotopic (exact) mass is 382 g/mol. The van der Waals surface area contributed by atoms with Gasteiger partial charge in [0.25, 0.3) is 0 Å². The van der Waals surface area contributed by atoms with Crippen LogP contribution in [0.25, 0.3) is 0 Å². The fraction of sp³-hybridized carbons (Fsp3) is 0.833. The van der Waals surface area contributed by atoms with Crippen molar-refractivity contribution in [2.75, 3.05) is 0 Å². The molecule has 1 unspecified atom stereocenters. The molecular formula is C12H22O4SSn. The predicted octanol–water partition coefficient (Wildman–Crippen LogP) is 3.16. The summed E-state index contributed by atoms with van der Waals surface area (Å²) >= 11 is -2.88. The Bertz CT molecular complexity index is 300. The molecule has 1 atom stereocenters. The Morgan fingerprint density at radius 2 is 1.89 bits per heavy atom. The number of carbonyl (C=O) groups excluding carboxylic acids is 1. The summed E-state index contributed by atoms with van der Waals surface area (Å²) in [6.07, 6.45) is 4.32. The molecule has 0 spiro atoms. The number of carboxylic acid groups (broad SMARTS) is 1. The van der Waals surface area contributed by atoms with Gasteiger partial charge in [0.1, 0.15) is 0 Å². The maximum atomic E-state index is 11.8. The number of aliphatic carboxylic acids is 1. The Hall–Kier alpha value is 0.0887. The maximum absolute atomic E-state index is 11.8. The summed E-state index contributed by atoms with van der Waals surface area (Å²) in [7, 11) is 1.63. The zero-order chi connectivity index (χ0) is 13.6. The summed E-state index contributed by atoms with van der Waals surface area (Å²) < 4.78 is 7.82. The van der Waals surface area contributed by atoms with Gasteiger partial charge in [0.15, 0.2) is 0 Å². The molecule has 0 amide bonds. The van der Waals surface area contributed by atoms with Crippen molar-refractivity contribution in [3.05, 3.63) is 0 Å². The third-order valence-corrected chi connectivity index (χ3v) is 21.6. The van der Waals surface area contributed by atoms with Gasteiger partial charge < -0.3 is 0 Å². The summed E-state index contributed by atoms with van der Waals surface area (Å²) in [5.41, 5.74) is 0. The second-order valence-electron chi connectivity index (χ2n) is 4.74. The average molecular weight is 381 g/mol. The van der Waals surface area contributed by atoms with E-state index in [1.54, 1.807) is 8.95 Å². The van der Waals surface area contributed by atoms with E-state index in [-0.39, 0.29) is 12.4 Å². The Morgan fingerprint density at radius 3 is 2.33 bits per heavy atom. The molecule has 0 bridgehead atoms. The van der Waals surface area contributed by atoms with Crippen LogP contribution in [0.1, 0.15) is 46.0 Å². The quantitative estimate of drug-likeness (QED) is 0.655. The van der Waals surface area contributed by atoms with Gasteiger partial charge in [0.05, 0.1) is 0 Å². The van der Waals surface area contributed by atoms with E-state index in [0.717, 1.165) is 34.6 Å². The van der Waals surface area contributed by atoms with E-state index < -0.39 is 28.6 Å². The van der Waals surface area contributed by atoms with Gasteiger partial charge in [-0.2, -0.15) is 0 Å². The number of rotatable bonds is 8. The van der Waals surface area contributed by atoms with Gasteiger partial charge in [0.2, 0.25) is 0 Å². The average Bonchev–Trinajstić information content (AvgIpc) is 2.61. The van der Waals surface area contributed by atoms with Crippen LogP contribution in [-0.4, -0.2) is 39.7 Å². The van der Waals surface area contributed by atoms with Gasteiger partial charge in [0, 0.05) is 0 Å². The van der Waals surface area contributed by atoms with E-state index in [1.807, 2.05) is 0 Å². The van der Waals surface area contributed by atoms with E-state index in [0.29, 0.717) is 0 Å². The second kappa shape index (κ2) is 7.62. The van der Waals surface area contributed by atoms with Crippen LogP contribution in [0.15, 0.2) is 0 Å². The molecule has 18 heavy (non-hydrogen) atoms. The number of carbonyl (C=O) groups is 2.